The Hall–Kier alpha value is -1.31. The lowest BCUT2D eigenvalue weighted by Gasteiger charge is -2.22. The number of nitrogens with zero attached hydrogens (tertiary/aromatic N) is 1. The van der Waals surface area contributed by atoms with E-state index in [0.717, 1.165) is 0 Å². The fraction of sp³-hybridized carbons (Fsp3) is 0.562. The molecule has 1 aliphatic rings. The summed E-state index contributed by atoms with van der Waals surface area (Å²) in [4.78, 5) is 0. The van der Waals surface area contributed by atoms with Crippen LogP contribution in [0.4, 0.5) is 0 Å². The molecule has 0 saturated carbocycles. The van der Waals surface area contributed by atoms with Crippen LogP contribution in [0.5, 0.6) is 0 Å². The van der Waals surface area contributed by atoms with E-state index in [9.17, 15) is 0 Å². The first-order chi connectivity index (χ1) is 8.77. The van der Waals surface area contributed by atoms with Crippen molar-refractivity contribution in [3.63, 3.8) is 0 Å². The van der Waals surface area contributed by atoms with Crippen LogP contribution < -0.4 is 0 Å². The highest BCUT2D eigenvalue weighted by Crippen LogP contribution is 2.34. The average molecular weight is 244 g/mol. The maximum atomic E-state index is 4.19. The van der Waals surface area contributed by atoms with Gasteiger partial charge < -0.3 is 0 Å². The van der Waals surface area contributed by atoms with Crippen molar-refractivity contribution >= 4 is 10.9 Å². The quantitative estimate of drug-likeness (QED) is 0.780. The smallest absolute Gasteiger partial charge is 0.0656 e. The second kappa shape index (κ2) is 5.55. The van der Waals surface area contributed by atoms with Crippen LogP contribution in [0.1, 0.15) is 63.1 Å². The Bertz CT molecular complexity index is 523. The van der Waals surface area contributed by atoms with E-state index in [1.165, 1.54) is 42.1 Å². The minimum absolute atomic E-state index is 0.591. The molecular formula is C16H24N2. The number of aryl methyl sites for hydroxylation is 1. The van der Waals surface area contributed by atoms with Crippen molar-refractivity contribution in [1.82, 2.24) is 10.2 Å². The van der Waals surface area contributed by atoms with Gasteiger partial charge in [0.25, 0.3) is 0 Å². The van der Waals surface area contributed by atoms with Crippen molar-refractivity contribution in [3.05, 3.63) is 29.0 Å². The third kappa shape index (κ3) is 2.16. The maximum Gasteiger partial charge on any atom is 0.0656 e. The molecule has 0 radical (unpaired) electrons. The molecule has 0 amide bonds. The van der Waals surface area contributed by atoms with Gasteiger partial charge in [-0.05, 0) is 54.4 Å². The Morgan fingerprint density at radius 1 is 1.17 bits per heavy atom. The van der Waals surface area contributed by atoms with Gasteiger partial charge >= 0.3 is 0 Å². The monoisotopic (exact) mass is 244 g/mol. The zero-order valence-corrected chi connectivity index (χ0v) is 12.0. The summed E-state index contributed by atoms with van der Waals surface area (Å²) in [7, 11) is 0. The number of benzene rings is 1. The summed E-state index contributed by atoms with van der Waals surface area (Å²) in [6.07, 6.45) is 7.16. The van der Waals surface area contributed by atoms with E-state index in [1.54, 1.807) is 11.1 Å². The van der Waals surface area contributed by atoms with E-state index >= 15 is 0 Å². The number of hydrogen-bond acceptors (Lipinski definition) is 1. The van der Waals surface area contributed by atoms with Crippen molar-refractivity contribution in [2.45, 2.75) is 59.3 Å². The SMILES string of the molecule is CC.CC(C)c1c2c(cc3[nH]ncc13)CCCC2. The molecule has 1 N–H and O–H groups in total. The van der Waals surface area contributed by atoms with Gasteiger partial charge in [0.1, 0.15) is 0 Å². The van der Waals surface area contributed by atoms with Crippen molar-refractivity contribution in [2.24, 2.45) is 0 Å². The average Bonchev–Trinajstić information content (AvgIpc) is 2.85. The zero-order valence-electron chi connectivity index (χ0n) is 12.0. The Kier molecular flexibility index (Phi) is 4.05. The highest BCUT2D eigenvalue weighted by molar-refractivity contribution is 5.84. The minimum Gasteiger partial charge on any atom is -0.278 e. The molecule has 18 heavy (non-hydrogen) atoms. The van der Waals surface area contributed by atoms with E-state index in [1.807, 2.05) is 20.0 Å². The summed E-state index contributed by atoms with van der Waals surface area (Å²) in [5.41, 5.74) is 5.90. The van der Waals surface area contributed by atoms with Crippen LogP contribution in [0.15, 0.2) is 12.3 Å². The molecule has 2 aromatic rings. The van der Waals surface area contributed by atoms with E-state index in [2.05, 4.69) is 30.1 Å². The van der Waals surface area contributed by atoms with E-state index < -0.39 is 0 Å². The Labute approximate surface area is 110 Å². The molecule has 1 aromatic carbocycles. The Morgan fingerprint density at radius 2 is 1.89 bits per heavy atom. The number of fused-ring (bicyclic) bond motifs is 2. The molecule has 0 saturated heterocycles. The predicted molar refractivity (Wildman–Crippen MR) is 78.2 cm³/mol. The van der Waals surface area contributed by atoms with Gasteiger partial charge in [0.15, 0.2) is 0 Å². The highest BCUT2D eigenvalue weighted by Gasteiger charge is 2.19. The second-order valence-corrected chi connectivity index (χ2v) is 5.12. The van der Waals surface area contributed by atoms with Gasteiger partial charge in [-0.1, -0.05) is 27.7 Å². The number of hydrogen-bond donors (Lipinski definition) is 1. The van der Waals surface area contributed by atoms with Gasteiger partial charge in [0.2, 0.25) is 0 Å². The van der Waals surface area contributed by atoms with Gasteiger partial charge in [0, 0.05) is 5.39 Å². The molecule has 0 bridgehead atoms. The molecular weight excluding hydrogens is 220 g/mol. The van der Waals surface area contributed by atoms with Crippen LogP contribution in [0.25, 0.3) is 10.9 Å². The normalized spacial score (nSPS) is 14.3. The van der Waals surface area contributed by atoms with Crippen molar-refractivity contribution in [1.29, 1.82) is 0 Å². The lowest BCUT2D eigenvalue weighted by molar-refractivity contribution is 0.673. The van der Waals surface area contributed by atoms with Gasteiger partial charge in [-0.2, -0.15) is 5.10 Å². The number of aromatic nitrogens is 2. The van der Waals surface area contributed by atoms with E-state index in [-0.39, 0.29) is 0 Å². The molecule has 1 aliphatic carbocycles. The molecule has 0 spiro atoms. The van der Waals surface area contributed by atoms with Crippen LogP contribution in [0, 0.1) is 0 Å². The molecule has 0 aliphatic heterocycles. The minimum atomic E-state index is 0.591. The van der Waals surface area contributed by atoms with Gasteiger partial charge in [-0.15, -0.1) is 0 Å². The van der Waals surface area contributed by atoms with Crippen molar-refractivity contribution in [2.75, 3.05) is 0 Å². The van der Waals surface area contributed by atoms with Crippen LogP contribution in [0.2, 0.25) is 0 Å². The number of H-pyrrole nitrogens is 1. The first-order valence-electron chi connectivity index (χ1n) is 7.25. The molecule has 0 atom stereocenters. The summed E-state index contributed by atoms with van der Waals surface area (Å²) in [5.74, 6) is 0.591. The molecule has 2 nitrogen and oxygen atoms in total. The predicted octanol–water partition coefficient (Wildman–Crippen LogP) is 4.59. The first kappa shape index (κ1) is 13.1. The lowest BCUT2D eigenvalue weighted by atomic mass is 9.83. The Balaban J connectivity index is 0.000000574. The zero-order chi connectivity index (χ0) is 13.1. The third-order valence-corrected chi connectivity index (χ3v) is 3.69. The summed E-state index contributed by atoms with van der Waals surface area (Å²) in [6, 6.07) is 2.31. The molecule has 1 aromatic heterocycles. The number of aromatic amines is 1. The lowest BCUT2D eigenvalue weighted by Crippen LogP contribution is -2.08. The third-order valence-electron chi connectivity index (χ3n) is 3.69. The fourth-order valence-corrected chi connectivity index (χ4v) is 3.01. The topological polar surface area (TPSA) is 28.7 Å². The number of rotatable bonds is 1. The van der Waals surface area contributed by atoms with Gasteiger partial charge in [-0.25, -0.2) is 0 Å². The summed E-state index contributed by atoms with van der Waals surface area (Å²) >= 11 is 0. The van der Waals surface area contributed by atoms with E-state index in [4.69, 9.17) is 0 Å². The molecule has 98 valence electrons. The van der Waals surface area contributed by atoms with Crippen molar-refractivity contribution in [3.8, 4) is 0 Å². The van der Waals surface area contributed by atoms with Crippen LogP contribution in [-0.2, 0) is 12.8 Å². The van der Waals surface area contributed by atoms with Crippen LogP contribution in [0.3, 0.4) is 0 Å². The fourth-order valence-electron chi connectivity index (χ4n) is 3.01. The van der Waals surface area contributed by atoms with E-state index in [0.29, 0.717) is 5.92 Å². The summed E-state index contributed by atoms with van der Waals surface area (Å²) < 4.78 is 0. The molecule has 0 unspecified atom stereocenters. The van der Waals surface area contributed by atoms with Crippen LogP contribution in [-0.4, -0.2) is 10.2 Å². The van der Waals surface area contributed by atoms with Gasteiger partial charge in [0.05, 0.1) is 11.7 Å². The molecule has 3 rings (SSSR count). The summed E-state index contributed by atoms with van der Waals surface area (Å²) in [5, 5.41) is 8.63. The van der Waals surface area contributed by atoms with Crippen molar-refractivity contribution < 1.29 is 0 Å². The first-order valence-corrected chi connectivity index (χ1v) is 7.25. The summed E-state index contributed by atoms with van der Waals surface area (Å²) in [6.45, 7) is 8.58. The van der Waals surface area contributed by atoms with Gasteiger partial charge in [-0.3, -0.25) is 5.10 Å². The number of nitrogens with one attached hydrogen (secondary N) is 1. The maximum absolute atomic E-state index is 4.19. The highest BCUT2D eigenvalue weighted by atomic mass is 15.1. The molecule has 2 heteroatoms. The molecule has 0 fully saturated rings. The molecule has 1 heterocycles. The van der Waals surface area contributed by atoms with Crippen LogP contribution >= 0.6 is 0 Å². The Morgan fingerprint density at radius 3 is 2.61 bits per heavy atom. The second-order valence-electron chi connectivity index (χ2n) is 5.12. The largest absolute Gasteiger partial charge is 0.278 e. The standard InChI is InChI=1S/C14H18N2.C2H6/c1-9(2)14-11-6-4-3-5-10(11)7-13-12(14)8-15-16-13;1-2/h7-9H,3-6H2,1-2H3,(H,15,16);1-2H3.